The van der Waals surface area contributed by atoms with E-state index in [9.17, 15) is 9.59 Å². The first-order chi connectivity index (χ1) is 11.6. The zero-order chi connectivity index (χ0) is 17.1. The summed E-state index contributed by atoms with van der Waals surface area (Å²) >= 11 is 6.01. The molecule has 24 heavy (non-hydrogen) atoms. The molecule has 2 aromatic rings. The minimum absolute atomic E-state index is 0.0605. The number of halogens is 1. The zero-order valence-electron chi connectivity index (χ0n) is 13.4. The molecule has 0 N–H and O–H groups in total. The zero-order valence-corrected chi connectivity index (χ0v) is 14.2. The summed E-state index contributed by atoms with van der Waals surface area (Å²) in [5.41, 5.74) is 2.21. The van der Waals surface area contributed by atoms with Crippen LogP contribution in [0.2, 0.25) is 5.15 Å². The quantitative estimate of drug-likeness (QED) is 0.635. The molecule has 6 heteroatoms. The SMILES string of the molecule is CC(=O)c1ccc(N2CCN(C(=O)c3cccnc3Cl)CC2)cc1. The summed E-state index contributed by atoms with van der Waals surface area (Å²) in [4.78, 5) is 31.8. The number of pyridine rings is 1. The highest BCUT2D eigenvalue weighted by Crippen LogP contribution is 2.20. The van der Waals surface area contributed by atoms with Gasteiger partial charge in [-0.1, -0.05) is 11.6 Å². The molecule has 0 spiro atoms. The fourth-order valence-corrected chi connectivity index (χ4v) is 2.99. The molecule has 1 saturated heterocycles. The third-order valence-electron chi connectivity index (χ3n) is 4.20. The number of aromatic nitrogens is 1. The number of carbonyl (C=O) groups is 2. The summed E-state index contributed by atoms with van der Waals surface area (Å²) in [6.07, 6.45) is 1.57. The molecule has 0 radical (unpaired) electrons. The molecule has 0 aliphatic carbocycles. The van der Waals surface area contributed by atoms with Crippen LogP contribution < -0.4 is 4.90 Å². The number of piperazine rings is 1. The molecule has 3 rings (SSSR count). The van der Waals surface area contributed by atoms with E-state index >= 15 is 0 Å². The second-order valence-corrected chi connectivity index (χ2v) is 6.08. The number of ketones is 1. The average Bonchev–Trinajstić information content (AvgIpc) is 2.62. The Bertz CT molecular complexity index is 753. The summed E-state index contributed by atoms with van der Waals surface area (Å²) in [7, 11) is 0. The molecule has 2 heterocycles. The number of hydrogen-bond acceptors (Lipinski definition) is 4. The first kappa shape index (κ1) is 16.5. The fraction of sp³-hybridized carbons (Fsp3) is 0.278. The van der Waals surface area contributed by atoms with Crippen LogP contribution in [0.25, 0.3) is 0 Å². The fourth-order valence-electron chi connectivity index (χ4n) is 2.79. The Balaban J connectivity index is 1.64. The molecule has 0 saturated carbocycles. The van der Waals surface area contributed by atoms with Gasteiger partial charge in [-0.25, -0.2) is 4.98 Å². The van der Waals surface area contributed by atoms with Crippen molar-refractivity contribution in [3.8, 4) is 0 Å². The van der Waals surface area contributed by atoms with Crippen molar-refractivity contribution in [1.29, 1.82) is 0 Å². The van der Waals surface area contributed by atoms with Gasteiger partial charge in [-0.2, -0.15) is 0 Å². The summed E-state index contributed by atoms with van der Waals surface area (Å²) in [5, 5.41) is 0.241. The van der Waals surface area contributed by atoms with E-state index < -0.39 is 0 Å². The Hall–Kier alpha value is -2.40. The highest BCUT2D eigenvalue weighted by Gasteiger charge is 2.24. The van der Waals surface area contributed by atoms with Gasteiger partial charge in [-0.15, -0.1) is 0 Å². The van der Waals surface area contributed by atoms with E-state index in [1.165, 1.54) is 0 Å². The van der Waals surface area contributed by atoms with Crippen LogP contribution in [0.5, 0.6) is 0 Å². The number of Topliss-reactive ketones (excluding diaryl/α,β-unsaturated/α-hetero) is 1. The van der Waals surface area contributed by atoms with Crippen LogP contribution in [0.3, 0.4) is 0 Å². The molecule has 1 aliphatic heterocycles. The Labute approximate surface area is 145 Å². The van der Waals surface area contributed by atoms with E-state index in [1.807, 2.05) is 24.3 Å². The molecule has 1 aromatic carbocycles. The third kappa shape index (κ3) is 3.41. The molecule has 124 valence electrons. The Kier molecular flexibility index (Phi) is 4.81. The van der Waals surface area contributed by atoms with Gasteiger partial charge in [0.15, 0.2) is 5.78 Å². The third-order valence-corrected chi connectivity index (χ3v) is 4.50. The molecule has 0 atom stereocenters. The largest absolute Gasteiger partial charge is 0.368 e. The van der Waals surface area contributed by atoms with Gasteiger partial charge < -0.3 is 9.80 Å². The molecular formula is C18H18ClN3O2. The summed E-state index contributed by atoms with van der Waals surface area (Å²) < 4.78 is 0. The predicted octanol–water partition coefficient (Wildman–Crippen LogP) is 2.90. The van der Waals surface area contributed by atoms with E-state index in [2.05, 4.69) is 9.88 Å². The van der Waals surface area contributed by atoms with Gasteiger partial charge in [0.25, 0.3) is 5.91 Å². The van der Waals surface area contributed by atoms with Crippen LogP contribution in [0.15, 0.2) is 42.6 Å². The normalized spacial score (nSPS) is 14.6. The van der Waals surface area contributed by atoms with E-state index in [1.54, 1.807) is 30.2 Å². The van der Waals surface area contributed by atoms with Crippen LogP contribution in [0.4, 0.5) is 5.69 Å². The molecule has 0 unspecified atom stereocenters. The Morgan fingerprint density at radius 3 is 2.29 bits per heavy atom. The van der Waals surface area contributed by atoms with E-state index in [-0.39, 0.29) is 16.8 Å². The minimum atomic E-state index is -0.0836. The van der Waals surface area contributed by atoms with Crippen molar-refractivity contribution < 1.29 is 9.59 Å². The maximum Gasteiger partial charge on any atom is 0.257 e. The number of benzene rings is 1. The van der Waals surface area contributed by atoms with Crippen molar-refractivity contribution in [2.75, 3.05) is 31.1 Å². The van der Waals surface area contributed by atoms with Crippen molar-refractivity contribution in [2.45, 2.75) is 6.92 Å². The lowest BCUT2D eigenvalue weighted by molar-refractivity contribution is 0.0746. The van der Waals surface area contributed by atoms with Gasteiger partial charge in [0.1, 0.15) is 5.15 Å². The maximum absolute atomic E-state index is 12.5. The molecule has 1 fully saturated rings. The lowest BCUT2D eigenvalue weighted by Crippen LogP contribution is -2.48. The first-order valence-electron chi connectivity index (χ1n) is 7.82. The number of carbonyl (C=O) groups excluding carboxylic acids is 2. The van der Waals surface area contributed by atoms with E-state index in [0.717, 1.165) is 18.8 Å². The maximum atomic E-state index is 12.5. The number of rotatable bonds is 3. The van der Waals surface area contributed by atoms with Crippen molar-refractivity contribution >= 4 is 29.0 Å². The number of amides is 1. The lowest BCUT2D eigenvalue weighted by atomic mass is 10.1. The smallest absolute Gasteiger partial charge is 0.257 e. The summed E-state index contributed by atoms with van der Waals surface area (Å²) in [6, 6.07) is 11.0. The summed E-state index contributed by atoms with van der Waals surface area (Å²) in [5.74, 6) is -0.0232. The molecule has 0 bridgehead atoms. The molecule has 5 nitrogen and oxygen atoms in total. The molecule has 1 amide bonds. The van der Waals surface area contributed by atoms with Crippen molar-refractivity contribution in [1.82, 2.24) is 9.88 Å². The topological polar surface area (TPSA) is 53.5 Å². The molecule has 1 aliphatic rings. The Morgan fingerprint density at radius 2 is 1.71 bits per heavy atom. The van der Waals surface area contributed by atoms with E-state index in [0.29, 0.717) is 24.2 Å². The van der Waals surface area contributed by atoms with Crippen LogP contribution in [-0.2, 0) is 0 Å². The highest BCUT2D eigenvalue weighted by atomic mass is 35.5. The molecular weight excluding hydrogens is 326 g/mol. The second kappa shape index (κ2) is 7.01. The van der Waals surface area contributed by atoms with Gasteiger partial charge in [0, 0.05) is 43.6 Å². The Morgan fingerprint density at radius 1 is 1.04 bits per heavy atom. The lowest BCUT2D eigenvalue weighted by Gasteiger charge is -2.36. The highest BCUT2D eigenvalue weighted by molar-refractivity contribution is 6.32. The van der Waals surface area contributed by atoms with Crippen LogP contribution in [-0.4, -0.2) is 47.8 Å². The van der Waals surface area contributed by atoms with Gasteiger partial charge in [0.2, 0.25) is 0 Å². The second-order valence-electron chi connectivity index (χ2n) is 5.72. The van der Waals surface area contributed by atoms with Gasteiger partial charge in [-0.05, 0) is 43.3 Å². The first-order valence-corrected chi connectivity index (χ1v) is 8.20. The predicted molar refractivity (Wildman–Crippen MR) is 93.8 cm³/mol. The number of hydrogen-bond donors (Lipinski definition) is 0. The van der Waals surface area contributed by atoms with Gasteiger partial charge in [-0.3, -0.25) is 9.59 Å². The number of anilines is 1. The van der Waals surface area contributed by atoms with Gasteiger partial charge >= 0.3 is 0 Å². The van der Waals surface area contributed by atoms with Crippen LogP contribution in [0.1, 0.15) is 27.6 Å². The monoisotopic (exact) mass is 343 g/mol. The minimum Gasteiger partial charge on any atom is -0.368 e. The number of nitrogens with zero attached hydrogens (tertiary/aromatic N) is 3. The van der Waals surface area contributed by atoms with E-state index in [4.69, 9.17) is 11.6 Å². The van der Waals surface area contributed by atoms with Crippen molar-refractivity contribution in [3.63, 3.8) is 0 Å². The standard InChI is InChI=1S/C18H18ClN3O2/c1-13(23)14-4-6-15(7-5-14)21-9-11-22(12-10-21)18(24)16-3-2-8-20-17(16)19/h2-8H,9-12H2,1H3. The van der Waals surface area contributed by atoms with Crippen LogP contribution in [0, 0.1) is 0 Å². The van der Waals surface area contributed by atoms with Crippen LogP contribution >= 0.6 is 11.6 Å². The molecule has 1 aromatic heterocycles. The van der Waals surface area contributed by atoms with Crippen molar-refractivity contribution in [3.05, 3.63) is 58.9 Å². The summed E-state index contributed by atoms with van der Waals surface area (Å²) in [6.45, 7) is 4.28. The van der Waals surface area contributed by atoms with Crippen molar-refractivity contribution in [2.24, 2.45) is 0 Å². The average molecular weight is 344 g/mol. The van der Waals surface area contributed by atoms with Gasteiger partial charge in [0.05, 0.1) is 5.56 Å².